The first kappa shape index (κ1) is 15.3. The van der Waals surface area contributed by atoms with Crippen LogP contribution in [0, 0.1) is 0 Å². The molecule has 0 aliphatic heterocycles. The van der Waals surface area contributed by atoms with Crippen molar-refractivity contribution < 1.29 is 10.0 Å². The van der Waals surface area contributed by atoms with Gasteiger partial charge in [0.05, 0.1) is 10.6 Å². The van der Waals surface area contributed by atoms with Gasteiger partial charge in [0.25, 0.3) is 5.91 Å². The predicted molar refractivity (Wildman–Crippen MR) is 75.6 cm³/mol. The van der Waals surface area contributed by atoms with Crippen LogP contribution in [0.5, 0.6) is 0 Å². The molecule has 0 spiro atoms. The van der Waals surface area contributed by atoms with Gasteiger partial charge in [0.1, 0.15) is 5.54 Å². The van der Waals surface area contributed by atoms with E-state index in [-0.39, 0.29) is 11.7 Å². The molecule has 1 aromatic carbocycles. The fourth-order valence-electron chi connectivity index (χ4n) is 1.88. The Bertz CT molecular complexity index is 485. The van der Waals surface area contributed by atoms with Crippen LogP contribution in [0.4, 0.5) is 0 Å². The molecule has 1 aromatic rings. The first-order chi connectivity index (χ1) is 9.00. The van der Waals surface area contributed by atoms with Gasteiger partial charge < -0.3 is 16.3 Å². The lowest BCUT2D eigenvalue weighted by Gasteiger charge is -2.31. The van der Waals surface area contributed by atoms with E-state index in [9.17, 15) is 4.79 Å². The van der Waals surface area contributed by atoms with Crippen LogP contribution >= 0.6 is 11.6 Å². The molecule has 0 saturated heterocycles. The zero-order valence-corrected chi connectivity index (χ0v) is 11.7. The molecular formula is C13H18ClN3O2. The van der Waals surface area contributed by atoms with Gasteiger partial charge >= 0.3 is 0 Å². The molecule has 0 heterocycles. The monoisotopic (exact) mass is 283 g/mol. The third-order valence-electron chi connectivity index (χ3n) is 3.28. The minimum absolute atomic E-state index is 0.0158. The van der Waals surface area contributed by atoms with Crippen molar-refractivity contribution in [3.63, 3.8) is 0 Å². The van der Waals surface area contributed by atoms with E-state index >= 15 is 0 Å². The fraction of sp³-hybridized carbons (Fsp3) is 0.385. The van der Waals surface area contributed by atoms with Gasteiger partial charge in [0, 0.05) is 0 Å². The number of halogens is 1. The van der Waals surface area contributed by atoms with E-state index in [0.717, 1.165) is 0 Å². The number of amidine groups is 1. The standard InChI is InChI=1S/C13H18ClN3O2/c1-3-13(4-2,12(15)17-19)16-11(18)9-7-5-6-8-10(9)14/h5-8,19H,3-4H2,1-2H3,(H2,15,17)(H,16,18). The molecule has 0 fully saturated rings. The van der Waals surface area contributed by atoms with Crippen molar-refractivity contribution in [2.45, 2.75) is 32.2 Å². The van der Waals surface area contributed by atoms with Crippen LogP contribution in [-0.2, 0) is 0 Å². The molecule has 6 heteroatoms. The van der Waals surface area contributed by atoms with E-state index in [4.69, 9.17) is 22.5 Å². The minimum Gasteiger partial charge on any atom is -0.409 e. The quantitative estimate of drug-likeness (QED) is 0.335. The number of benzene rings is 1. The molecule has 0 saturated carbocycles. The first-order valence-corrected chi connectivity index (χ1v) is 6.43. The Labute approximate surface area is 117 Å². The molecule has 0 bridgehead atoms. The van der Waals surface area contributed by atoms with Gasteiger partial charge in [-0.3, -0.25) is 4.79 Å². The van der Waals surface area contributed by atoms with E-state index in [1.807, 2.05) is 13.8 Å². The number of carbonyl (C=O) groups is 1. The van der Waals surface area contributed by atoms with Crippen molar-refractivity contribution in [3.8, 4) is 0 Å². The maximum Gasteiger partial charge on any atom is 0.253 e. The summed E-state index contributed by atoms with van der Waals surface area (Å²) in [5.74, 6) is -0.362. The van der Waals surface area contributed by atoms with E-state index < -0.39 is 5.54 Å². The highest BCUT2D eigenvalue weighted by Crippen LogP contribution is 2.19. The number of hydrogen-bond acceptors (Lipinski definition) is 3. The predicted octanol–water partition coefficient (Wildman–Crippen LogP) is 2.37. The second kappa shape index (κ2) is 6.43. The molecule has 19 heavy (non-hydrogen) atoms. The molecule has 0 radical (unpaired) electrons. The molecule has 1 amide bonds. The number of rotatable bonds is 5. The van der Waals surface area contributed by atoms with Gasteiger partial charge in [-0.2, -0.15) is 0 Å². The van der Waals surface area contributed by atoms with Gasteiger partial charge in [-0.05, 0) is 25.0 Å². The summed E-state index contributed by atoms with van der Waals surface area (Å²) in [6.07, 6.45) is 1.02. The van der Waals surface area contributed by atoms with Crippen molar-refractivity contribution >= 4 is 23.3 Å². The van der Waals surface area contributed by atoms with Gasteiger partial charge in [-0.1, -0.05) is 42.7 Å². The van der Waals surface area contributed by atoms with Crippen LogP contribution < -0.4 is 11.1 Å². The van der Waals surface area contributed by atoms with Gasteiger partial charge in [0.2, 0.25) is 0 Å². The summed E-state index contributed by atoms with van der Waals surface area (Å²) in [6.45, 7) is 3.71. The van der Waals surface area contributed by atoms with Crippen molar-refractivity contribution in [1.29, 1.82) is 0 Å². The molecule has 0 aliphatic rings. The van der Waals surface area contributed by atoms with Gasteiger partial charge in [0.15, 0.2) is 5.84 Å². The van der Waals surface area contributed by atoms with Crippen molar-refractivity contribution in [2.75, 3.05) is 0 Å². The SMILES string of the molecule is CCC(CC)(NC(=O)c1ccccc1Cl)/C(N)=N/O. The highest BCUT2D eigenvalue weighted by atomic mass is 35.5. The average molecular weight is 284 g/mol. The van der Waals surface area contributed by atoms with Crippen molar-refractivity contribution in [2.24, 2.45) is 10.9 Å². The van der Waals surface area contributed by atoms with E-state index in [1.165, 1.54) is 0 Å². The lowest BCUT2D eigenvalue weighted by atomic mass is 9.91. The highest BCUT2D eigenvalue weighted by molar-refractivity contribution is 6.33. The Morgan fingerprint density at radius 3 is 2.47 bits per heavy atom. The maximum absolute atomic E-state index is 12.2. The molecule has 0 aromatic heterocycles. The summed E-state index contributed by atoms with van der Waals surface area (Å²) in [4.78, 5) is 12.2. The van der Waals surface area contributed by atoms with Crippen LogP contribution in [0.15, 0.2) is 29.4 Å². The van der Waals surface area contributed by atoms with E-state index in [0.29, 0.717) is 23.4 Å². The van der Waals surface area contributed by atoms with Crippen LogP contribution in [-0.4, -0.2) is 22.5 Å². The number of nitrogens with two attached hydrogens (primary N) is 1. The summed E-state index contributed by atoms with van der Waals surface area (Å²) < 4.78 is 0. The summed E-state index contributed by atoms with van der Waals surface area (Å²) in [5, 5.41) is 15.0. The molecule has 4 N–H and O–H groups in total. The molecule has 0 atom stereocenters. The average Bonchev–Trinajstić information content (AvgIpc) is 2.44. The Balaban J connectivity index is 3.05. The number of nitrogens with one attached hydrogen (secondary N) is 1. The molecule has 0 unspecified atom stereocenters. The maximum atomic E-state index is 12.2. The molecule has 0 aliphatic carbocycles. The molecule has 5 nitrogen and oxygen atoms in total. The topological polar surface area (TPSA) is 87.7 Å². The number of amides is 1. The lowest BCUT2D eigenvalue weighted by Crippen LogP contribution is -2.56. The lowest BCUT2D eigenvalue weighted by molar-refractivity contribution is 0.0918. The zero-order valence-electron chi connectivity index (χ0n) is 11.0. The second-order valence-electron chi connectivity index (χ2n) is 4.21. The third kappa shape index (κ3) is 3.17. The minimum atomic E-state index is -0.870. The number of nitrogens with zero attached hydrogens (tertiary/aromatic N) is 1. The summed E-state index contributed by atoms with van der Waals surface area (Å²) in [5.41, 5.74) is 5.18. The van der Waals surface area contributed by atoms with Crippen molar-refractivity contribution in [1.82, 2.24) is 5.32 Å². The summed E-state index contributed by atoms with van der Waals surface area (Å²) in [7, 11) is 0. The smallest absolute Gasteiger partial charge is 0.253 e. The summed E-state index contributed by atoms with van der Waals surface area (Å²) >= 11 is 5.98. The second-order valence-corrected chi connectivity index (χ2v) is 4.62. The zero-order chi connectivity index (χ0) is 14.5. The van der Waals surface area contributed by atoms with E-state index in [2.05, 4.69) is 10.5 Å². The fourth-order valence-corrected chi connectivity index (χ4v) is 2.10. The van der Waals surface area contributed by atoms with E-state index in [1.54, 1.807) is 24.3 Å². The van der Waals surface area contributed by atoms with Gasteiger partial charge in [-0.15, -0.1) is 0 Å². The van der Waals surface area contributed by atoms with Crippen LogP contribution in [0.25, 0.3) is 0 Å². The van der Waals surface area contributed by atoms with Crippen molar-refractivity contribution in [3.05, 3.63) is 34.9 Å². The van der Waals surface area contributed by atoms with Gasteiger partial charge in [-0.25, -0.2) is 0 Å². The first-order valence-electron chi connectivity index (χ1n) is 6.05. The Morgan fingerprint density at radius 1 is 1.42 bits per heavy atom. The Morgan fingerprint density at radius 2 is 2.00 bits per heavy atom. The molecular weight excluding hydrogens is 266 g/mol. The van der Waals surface area contributed by atoms with Crippen LogP contribution in [0.2, 0.25) is 5.02 Å². The molecule has 104 valence electrons. The third-order valence-corrected chi connectivity index (χ3v) is 3.61. The summed E-state index contributed by atoms with van der Waals surface area (Å²) in [6, 6.07) is 6.74. The highest BCUT2D eigenvalue weighted by Gasteiger charge is 2.33. The number of oxime groups is 1. The Kier molecular flexibility index (Phi) is 5.18. The van der Waals surface area contributed by atoms with Crippen LogP contribution in [0.3, 0.4) is 0 Å². The number of carbonyl (C=O) groups excluding carboxylic acids is 1. The largest absolute Gasteiger partial charge is 0.409 e. The molecule has 1 rings (SSSR count). The normalized spacial score (nSPS) is 12.3. The van der Waals surface area contributed by atoms with Crippen LogP contribution in [0.1, 0.15) is 37.0 Å². The number of hydrogen-bond donors (Lipinski definition) is 3. The Hall–Kier alpha value is -1.75.